The number of nitrogens with zero attached hydrogens (tertiary/aromatic N) is 2. The molecule has 0 fully saturated rings. The minimum atomic E-state index is -1.93. The molecule has 8 rings (SSSR count). The molecular weight excluding hydrogens is 559 g/mol. The van der Waals surface area contributed by atoms with Gasteiger partial charge in [-0.1, -0.05) is 69.3 Å². The normalized spacial score (nSPS) is 14.6. The van der Waals surface area contributed by atoms with Gasteiger partial charge in [0.05, 0.1) is 0 Å². The quantitative estimate of drug-likeness (QED) is 0.162. The van der Waals surface area contributed by atoms with Gasteiger partial charge in [-0.2, -0.15) is 0 Å². The van der Waals surface area contributed by atoms with Crippen molar-refractivity contribution in [2.45, 2.75) is 51.6 Å². The molecule has 45 heavy (non-hydrogen) atoms. The molecule has 0 aliphatic carbocycles. The van der Waals surface area contributed by atoms with Gasteiger partial charge in [0, 0.05) is 45.3 Å². The zero-order valence-electron chi connectivity index (χ0n) is 26.0. The third-order valence-corrected chi connectivity index (χ3v) is 9.63. The lowest BCUT2D eigenvalue weighted by molar-refractivity contribution is -0.153. The van der Waals surface area contributed by atoms with Crippen molar-refractivity contribution in [2.24, 2.45) is 0 Å². The van der Waals surface area contributed by atoms with Crippen molar-refractivity contribution in [2.75, 3.05) is 9.80 Å². The van der Waals surface area contributed by atoms with Crippen LogP contribution in [0.1, 0.15) is 51.3 Å². The number of aliphatic hydroxyl groups is 4. The van der Waals surface area contributed by atoms with Gasteiger partial charge in [0.2, 0.25) is 0 Å². The van der Waals surface area contributed by atoms with Gasteiger partial charge < -0.3 is 30.2 Å². The molecule has 5 aromatic carbocycles. The van der Waals surface area contributed by atoms with Crippen LogP contribution in [0.25, 0.3) is 11.1 Å². The molecular formula is C38H35BN2O4. The van der Waals surface area contributed by atoms with Gasteiger partial charge >= 0.3 is 0 Å². The number of hydrogen-bond donors (Lipinski definition) is 4. The first-order chi connectivity index (χ1) is 21.2. The van der Waals surface area contributed by atoms with Crippen LogP contribution in [0.15, 0.2) is 97.1 Å². The van der Waals surface area contributed by atoms with E-state index in [2.05, 4.69) is 79.1 Å². The Morgan fingerprint density at radius 1 is 0.467 bits per heavy atom. The molecule has 0 aromatic heterocycles. The maximum absolute atomic E-state index is 10.3. The Bertz CT molecular complexity index is 1880. The second kappa shape index (κ2) is 9.08. The molecule has 6 nitrogen and oxygen atoms in total. The van der Waals surface area contributed by atoms with E-state index in [-0.39, 0.29) is 12.1 Å². The second-order valence-corrected chi connectivity index (χ2v) is 13.9. The lowest BCUT2D eigenvalue weighted by Gasteiger charge is -2.43. The Morgan fingerprint density at radius 2 is 0.867 bits per heavy atom. The Labute approximate surface area is 263 Å². The zero-order valence-corrected chi connectivity index (χ0v) is 26.0. The van der Waals surface area contributed by atoms with Crippen molar-refractivity contribution in [1.29, 1.82) is 0 Å². The van der Waals surface area contributed by atoms with Crippen LogP contribution in [-0.4, -0.2) is 27.1 Å². The average molecular weight is 595 g/mol. The SMILES string of the molecule is CC(C)(C)c1cc2c3c(c1)N(c1ccc(C(C)(O)O)cc1)c1cccc4c1B3c1c-4cccc1N2c1ccc(C(C)(O)O)cc1. The van der Waals surface area contributed by atoms with E-state index in [0.717, 1.165) is 34.1 Å². The van der Waals surface area contributed by atoms with Gasteiger partial charge in [-0.05, 0) is 101 Å². The number of anilines is 6. The average Bonchev–Trinajstić information content (AvgIpc) is 3.33. The van der Waals surface area contributed by atoms with E-state index in [1.54, 1.807) is 24.3 Å². The van der Waals surface area contributed by atoms with Gasteiger partial charge in [0.15, 0.2) is 11.6 Å². The zero-order chi connectivity index (χ0) is 31.6. The van der Waals surface area contributed by atoms with Crippen molar-refractivity contribution >= 4 is 57.2 Å². The minimum Gasteiger partial charge on any atom is -0.362 e. The maximum Gasteiger partial charge on any atom is 0.253 e. The summed E-state index contributed by atoms with van der Waals surface area (Å²) < 4.78 is 0. The van der Waals surface area contributed by atoms with Crippen molar-refractivity contribution in [1.82, 2.24) is 0 Å². The molecule has 4 N–H and O–H groups in total. The van der Waals surface area contributed by atoms with Gasteiger partial charge in [0.25, 0.3) is 6.71 Å². The summed E-state index contributed by atoms with van der Waals surface area (Å²) >= 11 is 0. The molecule has 0 saturated heterocycles. The molecule has 0 amide bonds. The van der Waals surface area contributed by atoms with Crippen LogP contribution in [-0.2, 0) is 17.0 Å². The van der Waals surface area contributed by atoms with Crippen molar-refractivity contribution in [3.8, 4) is 11.1 Å². The summed E-state index contributed by atoms with van der Waals surface area (Å²) in [5.74, 6) is -3.86. The summed E-state index contributed by atoms with van der Waals surface area (Å²) in [6.45, 7) is 9.49. The predicted octanol–water partition coefficient (Wildman–Crippen LogP) is 5.36. The van der Waals surface area contributed by atoms with Crippen LogP contribution in [0.4, 0.5) is 34.1 Å². The highest BCUT2D eigenvalue weighted by Crippen LogP contribution is 2.49. The Balaban J connectivity index is 1.45. The predicted molar refractivity (Wildman–Crippen MR) is 182 cm³/mol. The molecule has 0 radical (unpaired) electrons. The first-order valence-corrected chi connectivity index (χ1v) is 15.4. The Kier molecular flexibility index (Phi) is 5.67. The summed E-state index contributed by atoms with van der Waals surface area (Å²) in [6.07, 6.45) is 0. The van der Waals surface area contributed by atoms with Crippen LogP contribution in [0.3, 0.4) is 0 Å². The lowest BCUT2D eigenvalue weighted by Crippen LogP contribution is -2.59. The van der Waals surface area contributed by atoms with Crippen LogP contribution >= 0.6 is 0 Å². The molecule has 3 heterocycles. The smallest absolute Gasteiger partial charge is 0.253 e. The minimum absolute atomic E-state index is 0.0591. The molecule has 5 aromatic rings. The van der Waals surface area contributed by atoms with Crippen molar-refractivity contribution in [3.63, 3.8) is 0 Å². The number of hydrogen-bond acceptors (Lipinski definition) is 6. The highest BCUT2D eigenvalue weighted by molar-refractivity contribution is 7.03. The highest BCUT2D eigenvalue weighted by Gasteiger charge is 2.49. The van der Waals surface area contributed by atoms with Crippen molar-refractivity contribution in [3.05, 3.63) is 114 Å². The van der Waals surface area contributed by atoms with E-state index in [4.69, 9.17) is 0 Å². The number of rotatable bonds is 4. The van der Waals surface area contributed by atoms with Crippen LogP contribution in [0.5, 0.6) is 0 Å². The standard InChI is InChI=1S/C38H35BN2O4/c1-36(2,3)24-20-31-35-32(21-24)41(26-18-14-23(15-19-26)38(5,44)45)30-11-7-9-28-27-8-6-10-29(33(27)39(35)34(28)30)40(31)25-16-12-22(13-17-25)37(4,42)43/h6-21,42-45H,1-5H3. The van der Waals surface area contributed by atoms with E-state index in [9.17, 15) is 20.4 Å². The topological polar surface area (TPSA) is 87.4 Å². The van der Waals surface area contributed by atoms with E-state index in [1.807, 2.05) is 24.3 Å². The summed E-state index contributed by atoms with van der Waals surface area (Å²) in [5.41, 5.74) is 14.4. The molecule has 0 saturated carbocycles. The van der Waals surface area contributed by atoms with Crippen LogP contribution < -0.4 is 26.2 Å². The Hall–Kier alpha value is -4.40. The lowest BCUT2D eigenvalue weighted by atomic mass is 9.35. The molecule has 0 spiro atoms. The molecule has 7 heteroatoms. The van der Waals surface area contributed by atoms with E-state index < -0.39 is 11.6 Å². The summed E-state index contributed by atoms with van der Waals surface area (Å²) in [4.78, 5) is 4.64. The number of benzene rings is 5. The summed E-state index contributed by atoms with van der Waals surface area (Å²) in [5, 5.41) is 41.0. The Morgan fingerprint density at radius 3 is 1.22 bits per heavy atom. The van der Waals surface area contributed by atoms with Gasteiger partial charge in [-0.15, -0.1) is 0 Å². The third kappa shape index (κ3) is 4.05. The van der Waals surface area contributed by atoms with Crippen LogP contribution in [0, 0.1) is 0 Å². The summed E-state index contributed by atoms with van der Waals surface area (Å²) in [6, 6.07) is 32.7. The van der Waals surface area contributed by atoms with E-state index in [0.29, 0.717) is 11.1 Å². The third-order valence-electron chi connectivity index (χ3n) is 9.63. The number of fused-ring (bicyclic) bond motifs is 1. The van der Waals surface area contributed by atoms with Gasteiger partial charge in [-0.25, -0.2) is 0 Å². The molecule has 0 bridgehead atoms. The van der Waals surface area contributed by atoms with Gasteiger partial charge in [0.1, 0.15) is 0 Å². The van der Waals surface area contributed by atoms with Gasteiger partial charge in [-0.3, -0.25) is 0 Å². The summed E-state index contributed by atoms with van der Waals surface area (Å²) in [7, 11) is 0. The molecule has 224 valence electrons. The largest absolute Gasteiger partial charge is 0.362 e. The van der Waals surface area contributed by atoms with Crippen molar-refractivity contribution < 1.29 is 20.4 Å². The molecule has 3 aliphatic heterocycles. The van der Waals surface area contributed by atoms with E-state index in [1.165, 1.54) is 46.9 Å². The first-order valence-electron chi connectivity index (χ1n) is 15.4. The maximum atomic E-state index is 10.3. The van der Waals surface area contributed by atoms with E-state index >= 15 is 0 Å². The molecule has 0 unspecified atom stereocenters. The highest BCUT2D eigenvalue weighted by atomic mass is 16.5. The fourth-order valence-electron chi connectivity index (χ4n) is 7.40. The molecule has 0 atom stereocenters. The fraction of sp³-hybridized carbons (Fsp3) is 0.211. The molecule has 3 aliphatic rings. The monoisotopic (exact) mass is 594 g/mol. The fourth-order valence-corrected chi connectivity index (χ4v) is 7.40. The first kappa shape index (κ1) is 28.1. The second-order valence-electron chi connectivity index (χ2n) is 13.9. The van der Waals surface area contributed by atoms with Crippen LogP contribution in [0.2, 0.25) is 0 Å².